The molecule has 1 unspecified atom stereocenters. The van der Waals surface area contributed by atoms with Gasteiger partial charge in [0.1, 0.15) is 34.7 Å². The van der Waals surface area contributed by atoms with Crippen LogP contribution in [-0.2, 0) is 18.4 Å². The Morgan fingerprint density at radius 3 is 2.67 bits per heavy atom. The number of nitrogens with zero attached hydrogens (tertiary/aromatic N) is 7. The van der Waals surface area contributed by atoms with Crippen LogP contribution in [-0.4, -0.2) is 41.7 Å². The number of halogens is 3. The lowest BCUT2D eigenvalue weighted by molar-refractivity contribution is -0.127. The topological polar surface area (TPSA) is 92.6 Å². The molecular weight excluding hydrogens is 599 g/mol. The molecule has 2 aromatic carbocycles. The van der Waals surface area contributed by atoms with Gasteiger partial charge in [-0.2, -0.15) is 10.4 Å². The molecule has 1 aliphatic heterocycles. The first-order valence-corrected chi connectivity index (χ1v) is 14.9. The molecule has 0 saturated carbocycles. The maximum absolute atomic E-state index is 15.9. The molecule has 6 aromatic rings. The maximum atomic E-state index is 15.9. The molecule has 12 heteroatoms. The van der Waals surface area contributed by atoms with E-state index in [1.54, 1.807) is 15.6 Å². The van der Waals surface area contributed by atoms with Crippen molar-refractivity contribution < 1.29 is 18.0 Å². The Bertz CT molecular complexity index is 2280. The van der Waals surface area contributed by atoms with Crippen molar-refractivity contribution in [1.29, 1.82) is 5.26 Å². The first kappa shape index (κ1) is 28.5. The number of thiophene rings is 1. The Hall–Kier alpha value is -5.28. The highest BCUT2D eigenvalue weighted by Crippen LogP contribution is 2.46. The molecule has 0 N–H and O–H groups in total. The molecule has 0 aliphatic carbocycles. The van der Waals surface area contributed by atoms with E-state index in [1.165, 1.54) is 11.5 Å². The molecule has 0 spiro atoms. The number of nitriles is 1. The van der Waals surface area contributed by atoms with E-state index in [4.69, 9.17) is 10.1 Å². The second-order valence-corrected chi connectivity index (χ2v) is 11.9. The van der Waals surface area contributed by atoms with E-state index in [0.717, 1.165) is 34.3 Å². The number of amides is 1. The number of fused-ring (bicyclic) bond motifs is 3. The standard InChI is InChI=1S/C33H24F3N7OS/c1-5-27(44)42-13-16(2)43-21(14-42)11-25(40-43)32-30(28-19(12-37)8-20(34)10-22(28)35)29-23(36)15-45-33(29)31(39-32)18-6-7-26-24(9-18)38-17(3)41(26)4/h5-11,15-16H,1,13-14H2,2-4H3. The number of hydrogen-bond donors (Lipinski definition) is 0. The van der Waals surface area contributed by atoms with Gasteiger partial charge in [0.25, 0.3) is 0 Å². The number of imidazole rings is 1. The highest BCUT2D eigenvalue weighted by atomic mass is 32.1. The van der Waals surface area contributed by atoms with E-state index in [0.29, 0.717) is 34.3 Å². The molecule has 0 saturated heterocycles. The zero-order valence-corrected chi connectivity index (χ0v) is 25.2. The van der Waals surface area contributed by atoms with Crippen LogP contribution < -0.4 is 0 Å². The molecule has 5 heterocycles. The van der Waals surface area contributed by atoms with Crippen LogP contribution in [0.3, 0.4) is 0 Å². The van der Waals surface area contributed by atoms with Crippen LogP contribution >= 0.6 is 11.3 Å². The molecule has 0 bridgehead atoms. The highest BCUT2D eigenvalue weighted by molar-refractivity contribution is 7.17. The van der Waals surface area contributed by atoms with Crippen molar-refractivity contribution in [3.63, 3.8) is 0 Å². The van der Waals surface area contributed by atoms with Crippen LogP contribution in [0.5, 0.6) is 0 Å². The normalized spacial score (nSPS) is 14.6. The van der Waals surface area contributed by atoms with Crippen LogP contribution in [0.25, 0.3) is 54.9 Å². The van der Waals surface area contributed by atoms with Crippen molar-refractivity contribution >= 4 is 38.4 Å². The fourth-order valence-electron chi connectivity index (χ4n) is 6.09. The largest absolute Gasteiger partial charge is 0.331 e. The van der Waals surface area contributed by atoms with Gasteiger partial charge in [-0.05, 0) is 44.2 Å². The summed E-state index contributed by atoms with van der Waals surface area (Å²) in [5.74, 6) is -2.02. The lowest BCUT2D eigenvalue weighted by Crippen LogP contribution is -2.39. The van der Waals surface area contributed by atoms with Gasteiger partial charge < -0.3 is 9.47 Å². The van der Waals surface area contributed by atoms with Crippen LogP contribution in [0.1, 0.15) is 30.0 Å². The van der Waals surface area contributed by atoms with Gasteiger partial charge >= 0.3 is 0 Å². The predicted molar refractivity (Wildman–Crippen MR) is 166 cm³/mol. The molecule has 0 fully saturated rings. The van der Waals surface area contributed by atoms with Crippen molar-refractivity contribution in [2.75, 3.05) is 6.54 Å². The number of rotatable bonds is 4. The molecule has 1 atom stereocenters. The van der Waals surface area contributed by atoms with Crippen molar-refractivity contribution in [1.82, 2.24) is 29.2 Å². The number of pyridine rings is 1. The Labute approximate surface area is 259 Å². The Kier molecular flexibility index (Phi) is 6.60. The zero-order valence-electron chi connectivity index (χ0n) is 24.4. The van der Waals surface area contributed by atoms with Gasteiger partial charge in [0, 0.05) is 47.1 Å². The quantitative estimate of drug-likeness (QED) is 0.196. The summed E-state index contributed by atoms with van der Waals surface area (Å²) in [6, 6.07) is 10.6. The number of hydrogen-bond acceptors (Lipinski definition) is 6. The summed E-state index contributed by atoms with van der Waals surface area (Å²) in [6.45, 7) is 8.01. The SMILES string of the molecule is C=CC(=O)N1Cc2cc(-c3nc(-c4ccc5c(c4)nc(C)n5C)c4scc(F)c4c3-c3c(F)cc(F)cc3C#N)nn2C(C)C1. The Balaban J connectivity index is 1.56. The van der Waals surface area contributed by atoms with Crippen molar-refractivity contribution in [2.24, 2.45) is 7.05 Å². The number of benzene rings is 2. The van der Waals surface area contributed by atoms with Gasteiger partial charge in [0.05, 0.1) is 51.3 Å². The molecule has 4 aromatic heterocycles. The molecule has 7 rings (SSSR count). The highest BCUT2D eigenvalue weighted by Gasteiger charge is 2.31. The smallest absolute Gasteiger partial charge is 0.246 e. The Morgan fingerprint density at radius 1 is 1.11 bits per heavy atom. The van der Waals surface area contributed by atoms with E-state index in [2.05, 4.69) is 11.6 Å². The molecule has 1 amide bonds. The molecular formula is C33H24F3N7OS. The van der Waals surface area contributed by atoms with Gasteiger partial charge in [-0.15, -0.1) is 11.3 Å². The van der Waals surface area contributed by atoms with Gasteiger partial charge in [-0.3, -0.25) is 9.48 Å². The minimum absolute atomic E-state index is 0.00145. The van der Waals surface area contributed by atoms with Crippen LogP contribution in [0, 0.1) is 35.7 Å². The summed E-state index contributed by atoms with van der Waals surface area (Å²) in [5.41, 5.74) is 3.22. The van der Waals surface area contributed by atoms with Crippen molar-refractivity contribution in [3.8, 4) is 39.8 Å². The Morgan fingerprint density at radius 2 is 1.91 bits per heavy atom. The minimum Gasteiger partial charge on any atom is -0.331 e. The van der Waals surface area contributed by atoms with Gasteiger partial charge in [0.15, 0.2) is 0 Å². The van der Waals surface area contributed by atoms with Crippen LogP contribution in [0.4, 0.5) is 13.2 Å². The molecule has 0 radical (unpaired) electrons. The van der Waals surface area contributed by atoms with E-state index >= 15 is 8.78 Å². The lowest BCUT2D eigenvalue weighted by atomic mass is 9.92. The maximum Gasteiger partial charge on any atom is 0.246 e. The third-order valence-corrected chi connectivity index (χ3v) is 9.23. The van der Waals surface area contributed by atoms with Crippen molar-refractivity contribution in [3.05, 3.63) is 89.0 Å². The molecule has 8 nitrogen and oxygen atoms in total. The van der Waals surface area contributed by atoms with Crippen molar-refractivity contribution in [2.45, 2.75) is 26.4 Å². The number of carbonyl (C=O) groups excluding carboxylic acids is 1. The summed E-state index contributed by atoms with van der Waals surface area (Å²) < 4.78 is 50.1. The van der Waals surface area contributed by atoms with E-state index in [-0.39, 0.29) is 52.0 Å². The average Bonchev–Trinajstić information content (AvgIpc) is 3.71. The first-order valence-electron chi connectivity index (χ1n) is 14.0. The summed E-state index contributed by atoms with van der Waals surface area (Å²) >= 11 is 1.10. The van der Waals surface area contributed by atoms with E-state index < -0.39 is 17.5 Å². The third-order valence-electron chi connectivity index (χ3n) is 8.27. The lowest BCUT2D eigenvalue weighted by Gasteiger charge is -2.31. The number of carbonyl (C=O) groups is 1. The average molecular weight is 624 g/mol. The first-order chi connectivity index (χ1) is 21.6. The summed E-state index contributed by atoms with van der Waals surface area (Å²) in [5, 5.41) is 16.1. The van der Waals surface area contributed by atoms with E-state index in [1.807, 2.05) is 49.7 Å². The van der Waals surface area contributed by atoms with E-state index in [9.17, 15) is 14.4 Å². The van der Waals surface area contributed by atoms with Crippen LogP contribution in [0.15, 0.2) is 54.4 Å². The second-order valence-electron chi connectivity index (χ2n) is 11.1. The minimum atomic E-state index is -1.03. The van der Waals surface area contributed by atoms with Gasteiger partial charge in [0.2, 0.25) is 5.91 Å². The predicted octanol–water partition coefficient (Wildman–Crippen LogP) is 7.07. The molecule has 224 valence electrons. The van der Waals surface area contributed by atoms with Gasteiger partial charge in [-0.25, -0.2) is 23.1 Å². The number of aryl methyl sites for hydroxylation is 2. The van der Waals surface area contributed by atoms with Gasteiger partial charge in [-0.1, -0.05) is 12.6 Å². The fourth-order valence-corrected chi connectivity index (χ4v) is 7.02. The monoisotopic (exact) mass is 623 g/mol. The fraction of sp³-hybridized carbons (Fsp3) is 0.182. The zero-order chi connectivity index (χ0) is 31.7. The molecule has 45 heavy (non-hydrogen) atoms. The summed E-state index contributed by atoms with van der Waals surface area (Å²) in [7, 11) is 1.91. The second kappa shape index (κ2) is 10.4. The third kappa shape index (κ3) is 4.42. The number of aromatic nitrogens is 5. The van der Waals surface area contributed by atoms with Crippen LogP contribution in [0.2, 0.25) is 0 Å². The molecule has 1 aliphatic rings. The summed E-state index contributed by atoms with van der Waals surface area (Å²) in [6.07, 6.45) is 1.25. The summed E-state index contributed by atoms with van der Waals surface area (Å²) in [4.78, 5) is 23.8.